The third kappa shape index (κ3) is 3.49. The third-order valence-electron chi connectivity index (χ3n) is 5.04. The van der Waals surface area contributed by atoms with Crippen LogP contribution in [0.15, 0.2) is 41.5 Å². The quantitative estimate of drug-likeness (QED) is 0.800. The molecule has 0 saturated heterocycles. The normalized spacial score (nSPS) is 23.9. The van der Waals surface area contributed by atoms with Crippen molar-refractivity contribution in [3.63, 3.8) is 0 Å². The van der Waals surface area contributed by atoms with E-state index < -0.39 is 5.54 Å². The first kappa shape index (κ1) is 18.1. The lowest BCUT2D eigenvalue weighted by molar-refractivity contribution is 0.102. The summed E-state index contributed by atoms with van der Waals surface area (Å²) in [5, 5.41) is 3.96. The summed E-state index contributed by atoms with van der Waals surface area (Å²) in [6.07, 6.45) is 2.36. The number of aromatic nitrogens is 1. The number of amides is 1. The van der Waals surface area contributed by atoms with E-state index in [1.54, 1.807) is 23.9 Å². The summed E-state index contributed by atoms with van der Waals surface area (Å²) in [5.74, 6) is 1.70. The molecule has 3 heterocycles. The predicted octanol–water partition coefficient (Wildman–Crippen LogP) is 3.66. The van der Waals surface area contributed by atoms with Gasteiger partial charge in [0.2, 0.25) is 0 Å². The molecule has 8 heteroatoms. The van der Waals surface area contributed by atoms with Gasteiger partial charge < -0.3 is 15.8 Å². The van der Waals surface area contributed by atoms with Gasteiger partial charge in [0.15, 0.2) is 5.17 Å². The molecule has 2 aliphatic heterocycles. The van der Waals surface area contributed by atoms with Gasteiger partial charge in [-0.15, -0.1) is 0 Å². The minimum Gasteiger partial charge on any atom is -0.493 e. The minimum absolute atomic E-state index is 0.297. The number of carbonyl (C=O) groups is 1. The molecule has 0 bridgehead atoms. The molecule has 1 amide bonds. The number of carbonyl (C=O) groups excluding carboxylic acids is 1. The Kier molecular flexibility index (Phi) is 4.74. The number of benzene rings is 1. The Morgan fingerprint density at radius 1 is 1.41 bits per heavy atom. The number of anilines is 1. The van der Waals surface area contributed by atoms with Gasteiger partial charge in [-0.1, -0.05) is 23.4 Å². The van der Waals surface area contributed by atoms with E-state index in [-0.39, 0.29) is 5.91 Å². The highest BCUT2D eigenvalue weighted by Crippen LogP contribution is 2.47. The molecule has 0 fully saturated rings. The molecule has 0 spiro atoms. The fourth-order valence-corrected chi connectivity index (χ4v) is 4.72. The second-order valence-electron chi connectivity index (χ2n) is 6.77. The molecule has 140 valence electrons. The van der Waals surface area contributed by atoms with Crippen LogP contribution in [-0.2, 0) is 5.54 Å². The maximum absolute atomic E-state index is 12.5. The van der Waals surface area contributed by atoms with Crippen LogP contribution in [-0.4, -0.2) is 28.4 Å². The number of pyridine rings is 1. The van der Waals surface area contributed by atoms with E-state index in [1.807, 2.05) is 18.2 Å². The van der Waals surface area contributed by atoms with Crippen LogP contribution in [0.5, 0.6) is 5.75 Å². The molecule has 1 aromatic heterocycles. The van der Waals surface area contributed by atoms with Crippen molar-refractivity contribution in [1.82, 2.24) is 4.98 Å². The van der Waals surface area contributed by atoms with Crippen molar-refractivity contribution >= 4 is 40.1 Å². The van der Waals surface area contributed by atoms with Crippen LogP contribution in [0.2, 0.25) is 5.02 Å². The highest BCUT2D eigenvalue weighted by Gasteiger charge is 2.42. The molecule has 2 aromatic rings. The molecule has 0 saturated carbocycles. The van der Waals surface area contributed by atoms with Crippen LogP contribution >= 0.6 is 23.4 Å². The van der Waals surface area contributed by atoms with Crippen LogP contribution in [0, 0.1) is 5.92 Å². The van der Waals surface area contributed by atoms with Gasteiger partial charge in [0.25, 0.3) is 5.91 Å². The van der Waals surface area contributed by atoms with Crippen molar-refractivity contribution in [2.75, 3.05) is 17.7 Å². The lowest BCUT2D eigenvalue weighted by atomic mass is 9.79. The van der Waals surface area contributed by atoms with Crippen molar-refractivity contribution in [3.05, 3.63) is 52.8 Å². The van der Waals surface area contributed by atoms with E-state index in [0.29, 0.717) is 34.1 Å². The first-order valence-corrected chi connectivity index (χ1v) is 10.0. The molecule has 2 aliphatic rings. The number of nitrogens with zero attached hydrogens (tertiary/aromatic N) is 2. The molecular weight excluding hydrogens is 384 g/mol. The van der Waals surface area contributed by atoms with E-state index in [4.69, 9.17) is 27.1 Å². The second kappa shape index (κ2) is 7.05. The smallest absolute Gasteiger partial charge is 0.274 e. The van der Waals surface area contributed by atoms with Crippen molar-refractivity contribution in [1.29, 1.82) is 0 Å². The average molecular weight is 403 g/mol. The van der Waals surface area contributed by atoms with E-state index in [9.17, 15) is 4.79 Å². The fourth-order valence-electron chi connectivity index (χ4n) is 3.49. The van der Waals surface area contributed by atoms with Crippen molar-refractivity contribution in [2.45, 2.75) is 18.9 Å². The summed E-state index contributed by atoms with van der Waals surface area (Å²) in [6, 6.07) is 8.85. The number of thioether (sulfide) groups is 1. The van der Waals surface area contributed by atoms with E-state index in [2.05, 4.69) is 17.2 Å². The van der Waals surface area contributed by atoms with E-state index >= 15 is 0 Å². The topological polar surface area (TPSA) is 89.6 Å². The zero-order valence-corrected chi connectivity index (χ0v) is 16.3. The van der Waals surface area contributed by atoms with Crippen molar-refractivity contribution in [2.24, 2.45) is 16.6 Å². The van der Waals surface area contributed by atoms with Crippen LogP contribution in [0.3, 0.4) is 0 Å². The SMILES string of the molecule is C[C@@]12N=C(N)SC[C@@H]1CCOc1ccc(NC(=O)c3ccc(Cl)cn3)cc12. The molecule has 0 aliphatic carbocycles. The number of ether oxygens (including phenoxy) is 1. The van der Waals surface area contributed by atoms with Gasteiger partial charge in [-0.05, 0) is 43.7 Å². The Balaban J connectivity index is 1.68. The average Bonchev–Trinajstić information content (AvgIpc) is 2.78. The number of nitrogens with one attached hydrogen (secondary N) is 1. The Morgan fingerprint density at radius 2 is 2.26 bits per heavy atom. The summed E-state index contributed by atoms with van der Waals surface area (Å²) < 4.78 is 5.94. The van der Waals surface area contributed by atoms with Gasteiger partial charge in [-0.25, -0.2) is 4.98 Å². The Morgan fingerprint density at radius 3 is 3.04 bits per heavy atom. The fraction of sp³-hybridized carbons (Fsp3) is 0.316. The largest absolute Gasteiger partial charge is 0.493 e. The highest BCUT2D eigenvalue weighted by atomic mass is 35.5. The number of rotatable bonds is 2. The first-order chi connectivity index (χ1) is 13.0. The summed E-state index contributed by atoms with van der Waals surface area (Å²) in [6.45, 7) is 2.73. The van der Waals surface area contributed by atoms with Gasteiger partial charge >= 0.3 is 0 Å². The second-order valence-corrected chi connectivity index (χ2v) is 8.25. The lowest BCUT2D eigenvalue weighted by Crippen LogP contribution is -2.37. The number of nitrogens with two attached hydrogens (primary N) is 1. The zero-order chi connectivity index (χ0) is 19.0. The molecule has 27 heavy (non-hydrogen) atoms. The maximum atomic E-state index is 12.5. The molecule has 2 atom stereocenters. The summed E-state index contributed by atoms with van der Waals surface area (Å²) in [5.41, 5.74) is 7.45. The Bertz CT molecular complexity index is 918. The van der Waals surface area contributed by atoms with Gasteiger partial charge in [-0.3, -0.25) is 9.79 Å². The molecule has 0 unspecified atom stereocenters. The molecule has 4 rings (SSSR count). The lowest BCUT2D eigenvalue weighted by Gasteiger charge is -2.36. The number of aliphatic imine (C=N–C) groups is 1. The predicted molar refractivity (Wildman–Crippen MR) is 109 cm³/mol. The maximum Gasteiger partial charge on any atom is 0.274 e. The molecule has 6 nitrogen and oxygen atoms in total. The van der Waals surface area contributed by atoms with Gasteiger partial charge in [0.1, 0.15) is 11.4 Å². The molecule has 3 N–H and O–H groups in total. The Hall–Kier alpha value is -2.25. The van der Waals surface area contributed by atoms with E-state index in [1.165, 1.54) is 6.20 Å². The van der Waals surface area contributed by atoms with Crippen molar-refractivity contribution in [3.8, 4) is 5.75 Å². The highest BCUT2D eigenvalue weighted by molar-refractivity contribution is 8.13. The molecule has 0 radical (unpaired) electrons. The minimum atomic E-state index is -0.472. The number of halogens is 1. The summed E-state index contributed by atoms with van der Waals surface area (Å²) in [4.78, 5) is 21.3. The first-order valence-electron chi connectivity index (χ1n) is 8.64. The number of hydrogen-bond acceptors (Lipinski definition) is 6. The Labute approximate surface area is 166 Å². The number of amidine groups is 1. The summed E-state index contributed by atoms with van der Waals surface area (Å²) >= 11 is 7.41. The van der Waals surface area contributed by atoms with Crippen LogP contribution < -0.4 is 15.8 Å². The standard InChI is InChI=1S/C19H19ClN4O2S/c1-19-11(10-27-18(21)24-19)6-7-26-16-5-3-13(8-14(16)19)23-17(25)15-4-2-12(20)9-22-15/h2-5,8-9,11H,6-7,10H2,1H3,(H2,21,24)(H,23,25)/t11-,19+/m0/s1. The van der Waals surface area contributed by atoms with Crippen LogP contribution in [0.25, 0.3) is 0 Å². The van der Waals surface area contributed by atoms with Gasteiger partial charge in [-0.2, -0.15) is 0 Å². The van der Waals surface area contributed by atoms with Gasteiger partial charge in [0, 0.05) is 29.1 Å². The zero-order valence-electron chi connectivity index (χ0n) is 14.7. The molecular formula is C19H19ClN4O2S. The summed E-state index contributed by atoms with van der Waals surface area (Å²) in [7, 11) is 0. The number of fused-ring (bicyclic) bond motifs is 3. The van der Waals surface area contributed by atoms with Crippen LogP contribution in [0.1, 0.15) is 29.4 Å². The third-order valence-corrected chi connectivity index (χ3v) is 6.22. The van der Waals surface area contributed by atoms with Crippen LogP contribution in [0.4, 0.5) is 5.69 Å². The van der Waals surface area contributed by atoms with E-state index in [0.717, 1.165) is 23.5 Å². The van der Waals surface area contributed by atoms with Gasteiger partial charge in [0.05, 0.1) is 17.2 Å². The monoisotopic (exact) mass is 402 g/mol. The van der Waals surface area contributed by atoms with Crippen molar-refractivity contribution < 1.29 is 9.53 Å². The number of hydrogen-bond donors (Lipinski definition) is 2. The molecule has 1 aromatic carbocycles.